The van der Waals surface area contributed by atoms with Crippen molar-refractivity contribution in [2.45, 2.75) is 13.0 Å². The third-order valence-electron chi connectivity index (χ3n) is 2.50. The van der Waals surface area contributed by atoms with Gasteiger partial charge < -0.3 is 15.4 Å². The van der Waals surface area contributed by atoms with E-state index in [1.54, 1.807) is 13.2 Å². The predicted molar refractivity (Wildman–Crippen MR) is 72.5 cm³/mol. The molecule has 0 aromatic heterocycles. The fraction of sp³-hybridized carbons (Fsp3) is 0.538. The van der Waals surface area contributed by atoms with Gasteiger partial charge in [0.25, 0.3) is 0 Å². The van der Waals surface area contributed by atoms with E-state index in [4.69, 9.17) is 16.3 Å². The van der Waals surface area contributed by atoms with E-state index in [0.717, 1.165) is 38.2 Å². The molecule has 0 saturated heterocycles. The van der Waals surface area contributed by atoms with Crippen LogP contribution in [-0.2, 0) is 11.3 Å². The van der Waals surface area contributed by atoms with Gasteiger partial charge in [0.1, 0.15) is 5.82 Å². The largest absolute Gasteiger partial charge is 0.383 e. The van der Waals surface area contributed by atoms with E-state index in [1.807, 2.05) is 6.07 Å². The Kier molecular flexibility index (Phi) is 7.93. The summed E-state index contributed by atoms with van der Waals surface area (Å²) in [6.45, 7) is 4.11. The number of nitrogens with one attached hydrogen (secondary N) is 2. The lowest BCUT2D eigenvalue weighted by molar-refractivity contribution is 0.199. The molecule has 18 heavy (non-hydrogen) atoms. The maximum Gasteiger partial charge on any atom is 0.142 e. The Hall–Kier alpha value is -0.680. The molecule has 0 saturated carbocycles. The van der Waals surface area contributed by atoms with Crippen LogP contribution in [0.2, 0.25) is 5.02 Å². The second-order valence-corrected chi connectivity index (χ2v) is 4.43. The molecular weight excluding hydrogens is 255 g/mol. The average Bonchev–Trinajstić information content (AvgIpc) is 2.37. The topological polar surface area (TPSA) is 33.3 Å². The van der Waals surface area contributed by atoms with Gasteiger partial charge in [0.15, 0.2) is 0 Å². The van der Waals surface area contributed by atoms with Gasteiger partial charge in [0, 0.05) is 20.2 Å². The molecule has 1 rings (SSSR count). The molecule has 1 aromatic rings. The second-order valence-electron chi connectivity index (χ2n) is 4.02. The molecule has 5 heteroatoms. The molecule has 102 valence electrons. The summed E-state index contributed by atoms with van der Waals surface area (Å²) in [5.74, 6) is -0.364. The van der Waals surface area contributed by atoms with Crippen molar-refractivity contribution in [1.29, 1.82) is 0 Å². The van der Waals surface area contributed by atoms with Gasteiger partial charge in [0.05, 0.1) is 11.6 Å². The van der Waals surface area contributed by atoms with Gasteiger partial charge in [-0.3, -0.25) is 0 Å². The van der Waals surface area contributed by atoms with Crippen LogP contribution in [-0.4, -0.2) is 33.4 Å². The summed E-state index contributed by atoms with van der Waals surface area (Å²) in [4.78, 5) is 0. The summed E-state index contributed by atoms with van der Waals surface area (Å²) in [6.07, 6.45) is 1.03. The van der Waals surface area contributed by atoms with Crippen molar-refractivity contribution in [2.24, 2.45) is 0 Å². The molecule has 0 amide bonds. The normalized spacial score (nSPS) is 10.8. The highest BCUT2D eigenvalue weighted by Crippen LogP contribution is 2.15. The molecule has 0 aliphatic carbocycles. The van der Waals surface area contributed by atoms with Crippen molar-refractivity contribution in [3.8, 4) is 0 Å². The number of ether oxygens (including phenoxy) is 1. The summed E-state index contributed by atoms with van der Waals surface area (Å²) in [5.41, 5.74) is 0.907. The smallest absolute Gasteiger partial charge is 0.142 e. The van der Waals surface area contributed by atoms with Crippen LogP contribution in [0.3, 0.4) is 0 Å². The molecule has 3 nitrogen and oxygen atoms in total. The van der Waals surface area contributed by atoms with Crippen LogP contribution in [0, 0.1) is 5.82 Å². The zero-order chi connectivity index (χ0) is 13.2. The van der Waals surface area contributed by atoms with Crippen LogP contribution in [0.15, 0.2) is 18.2 Å². The molecule has 0 aliphatic heterocycles. The monoisotopic (exact) mass is 274 g/mol. The molecule has 0 bridgehead atoms. The highest BCUT2D eigenvalue weighted by molar-refractivity contribution is 6.30. The Morgan fingerprint density at radius 3 is 2.72 bits per heavy atom. The third-order valence-corrected chi connectivity index (χ3v) is 2.81. The van der Waals surface area contributed by atoms with Crippen molar-refractivity contribution in [1.82, 2.24) is 10.6 Å². The van der Waals surface area contributed by atoms with Crippen LogP contribution in [0.4, 0.5) is 4.39 Å². The molecule has 0 heterocycles. The Bertz CT molecular complexity index is 350. The molecule has 0 unspecified atom stereocenters. The summed E-state index contributed by atoms with van der Waals surface area (Å²) in [7, 11) is 1.69. The average molecular weight is 275 g/mol. The number of halogens is 2. The van der Waals surface area contributed by atoms with Crippen LogP contribution in [0.1, 0.15) is 12.0 Å². The first-order valence-electron chi connectivity index (χ1n) is 6.08. The van der Waals surface area contributed by atoms with E-state index in [0.29, 0.717) is 6.54 Å². The van der Waals surface area contributed by atoms with E-state index in [2.05, 4.69) is 10.6 Å². The summed E-state index contributed by atoms with van der Waals surface area (Å²) in [6, 6.07) is 4.88. The summed E-state index contributed by atoms with van der Waals surface area (Å²) in [5, 5.41) is 6.69. The van der Waals surface area contributed by atoms with Crippen LogP contribution < -0.4 is 10.6 Å². The summed E-state index contributed by atoms with van der Waals surface area (Å²) < 4.78 is 18.1. The highest BCUT2D eigenvalue weighted by Gasteiger charge is 2.00. The van der Waals surface area contributed by atoms with Gasteiger partial charge in [-0.25, -0.2) is 4.39 Å². The maximum atomic E-state index is 13.1. The molecule has 0 atom stereocenters. The molecule has 0 radical (unpaired) electrons. The van der Waals surface area contributed by atoms with E-state index in [9.17, 15) is 4.39 Å². The van der Waals surface area contributed by atoms with Crippen molar-refractivity contribution in [3.63, 3.8) is 0 Å². The molecule has 1 aromatic carbocycles. The molecule has 2 N–H and O–H groups in total. The minimum absolute atomic E-state index is 0.168. The van der Waals surface area contributed by atoms with Gasteiger partial charge in [-0.1, -0.05) is 17.7 Å². The number of benzene rings is 1. The van der Waals surface area contributed by atoms with Crippen molar-refractivity contribution >= 4 is 11.6 Å². The highest BCUT2D eigenvalue weighted by atomic mass is 35.5. The van der Waals surface area contributed by atoms with Gasteiger partial charge in [-0.2, -0.15) is 0 Å². The quantitative estimate of drug-likeness (QED) is 0.678. The SMILES string of the molecule is COCCNCCCNCc1ccc(Cl)c(F)c1. The van der Waals surface area contributed by atoms with Crippen molar-refractivity contribution < 1.29 is 9.13 Å². The van der Waals surface area contributed by atoms with Crippen LogP contribution in [0.25, 0.3) is 0 Å². The first kappa shape index (κ1) is 15.4. The third kappa shape index (κ3) is 6.31. The number of rotatable bonds is 9. The molecule has 0 fully saturated rings. The Balaban J connectivity index is 2.05. The standard InChI is InChI=1S/C13H20ClFN2O/c1-18-8-7-16-5-2-6-17-10-11-3-4-12(14)13(15)9-11/h3-4,9,16-17H,2,5-8,10H2,1H3. The first-order chi connectivity index (χ1) is 8.74. The van der Waals surface area contributed by atoms with Crippen LogP contribution >= 0.6 is 11.6 Å². The molecular formula is C13H20ClFN2O. The van der Waals surface area contributed by atoms with Gasteiger partial charge in [-0.05, 0) is 37.2 Å². The number of methoxy groups -OCH3 is 1. The molecule has 0 spiro atoms. The van der Waals surface area contributed by atoms with Crippen molar-refractivity contribution in [2.75, 3.05) is 33.4 Å². The minimum Gasteiger partial charge on any atom is -0.383 e. The number of hydrogen-bond acceptors (Lipinski definition) is 3. The second kappa shape index (κ2) is 9.28. The van der Waals surface area contributed by atoms with Crippen molar-refractivity contribution in [3.05, 3.63) is 34.6 Å². The maximum absolute atomic E-state index is 13.1. The van der Waals surface area contributed by atoms with E-state index < -0.39 is 0 Å². The zero-order valence-electron chi connectivity index (χ0n) is 10.6. The van der Waals surface area contributed by atoms with E-state index in [1.165, 1.54) is 6.07 Å². The lowest BCUT2D eigenvalue weighted by Crippen LogP contribution is -2.24. The zero-order valence-corrected chi connectivity index (χ0v) is 11.4. The predicted octanol–water partition coefficient (Wildman–Crippen LogP) is 2.19. The van der Waals surface area contributed by atoms with Gasteiger partial charge in [0.2, 0.25) is 0 Å². The van der Waals surface area contributed by atoms with Gasteiger partial charge >= 0.3 is 0 Å². The minimum atomic E-state index is -0.364. The lowest BCUT2D eigenvalue weighted by Gasteiger charge is -2.06. The number of hydrogen-bond donors (Lipinski definition) is 2. The Morgan fingerprint density at radius 1 is 1.22 bits per heavy atom. The fourth-order valence-electron chi connectivity index (χ4n) is 1.52. The Morgan fingerprint density at radius 2 is 2.00 bits per heavy atom. The van der Waals surface area contributed by atoms with Crippen LogP contribution in [0.5, 0.6) is 0 Å². The summed E-state index contributed by atoms with van der Waals surface area (Å²) >= 11 is 5.61. The van der Waals surface area contributed by atoms with E-state index in [-0.39, 0.29) is 10.8 Å². The molecule has 0 aliphatic rings. The van der Waals surface area contributed by atoms with E-state index >= 15 is 0 Å². The lowest BCUT2D eigenvalue weighted by atomic mass is 10.2. The Labute approximate surface area is 113 Å². The first-order valence-corrected chi connectivity index (χ1v) is 6.46. The van der Waals surface area contributed by atoms with Gasteiger partial charge in [-0.15, -0.1) is 0 Å². The fourth-order valence-corrected chi connectivity index (χ4v) is 1.64.